The molecule has 2 heterocycles. The van der Waals surface area contributed by atoms with Crippen molar-refractivity contribution in [2.45, 2.75) is 26.4 Å². The van der Waals surface area contributed by atoms with E-state index in [0.717, 1.165) is 37.0 Å². The summed E-state index contributed by atoms with van der Waals surface area (Å²) >= 11 is 0. The second kappa shape index (κ2) is 3.47. The first-order chi connectivity index (χ1) is 6.25. The minimum absolute atomic E-state index is 0.590. The highest BCUT2D eigenvalue weighted by atomic mass is 16.4. The van der Waals surface area contributed by atoms with Crippen molar-refractivity contribution in [2.75, 3.05) is 13.1 Å². The predicted octanol–water partition coefficient (Wildman–Crippen LogP) is 0.353. The van der Waals surface area contributed by atoms with Gasteiger partial charge in [0.25, 0.3) is 0 Å². The molecule has 1 aromatic rings. The zero-order valence-electron chi connectivity index (χ0n) is 8.05. The Morgan fingerprint density at radius 3 is 2.77 bits per heavy atom. The van der Waals surface area contributed by atoms with Crippen LogP contribution in [0.3, 0.4) is 0 Å². The van der Waals surface area contributed by atoms with Crippen LogP contribution in [0.2, 0.25) is 0 Å². The summed E-state index contributed by atoms with van der Waals surface area (Å²) in [5.74, 6) is 1.71. The van der Waals surface area contributed by atoms with E-state index in [1.54, 1.807) is 0 Å². The number of nitrogens with zero attached hydrogens (tertiary/aromatic N) is 1. The van der Waals surface area contributed by atoms with E-state index in [1.807, 2.05) is 13.8 Å². The van der Waals surface area contributed by atoms with Gasteiger partial charge in [-0.15, -0.1) is 0 Å². The fourth-order valence-electron chi connectivity index (χ4n) is 1.28. The zero-order valence-corrected chi connectivity index (χ0v) is 8.05. The van der Waals surface area contributed by atoms with E-state index in [0.29, 0.717) is 6.04 Å². The van der Waals surface area contributed by atoms with Crippen LogP contribution >= 0.6 is 0 Å². The van der Waals surface area contributed by atoms with Gasteiger partial charge >= 0.3 is 0 Å². The summed E-state index contributed by atoms with van der Waals surface area (Å²) in [6, 6.07) is 0.590. The van der Waals surface area contributed by atoms with E-state index in [-0.39, 0.29) is 0 Å². The van der Waals surface area contributed by atoms with Crippen LogP contribution in [0.25, 0.3) is 0 Å². The third-order valence-corrected chi connectivity index (χ3v) is 2.40. The SMILES string of the molecule is Cc1nc(CNC2CNC2)oc1C. The number of aryl methyl sites for hydroxylation is 2. The zero-order chi connectivity index (χ0) is 9.26. The lowest BCUT2D eigenvalue weighted by molar-refractivity contribution is 0.343. The van der Waals surface area contributed by atoms with Crippen LogP contribution in [0.1, 0.15) is 17.3 Å². The maximum absolute atomic E-state index is 5.44. The lowest BCUT2D eigenvalue weighted by Gasteiger charge is -2.27. The average Bonchev–Trinajstić information content (AvgIpc) is 2.28. The molecule has 1 fully saturated rings. The first-order valence-corrected chi connectivity index (χ1v) is 4.62. The minimum Gasteiger partial charge on any atom is -0.444 e. The summed E-state index contributed by atoms with van der Waals surface area (Å²) in [5.41, 5.74) is 0.989. The summed E-state index contributed by atoms with van der Waals surface area (Å²) in [5, 5.41) is 6.56. The maximum Gasteiger partial charge on any atom is 0.208 e. The van der Waals surface area contributed by atoms with Gasteiger partial charge in [-0.3, -0.25) is 0 Å². The molecule has 4 nitrogen and oxygen atoms in total. The van der Waals surface area contributed by atoms with Crippen LogP contribution in [-0.4, -0.2) is 24.1 Å². The van der Waals surface area contributed by atoms with Crippen molar-refractivity contribution in [1.82, 2.24) is 15.6 Å². The molecule has 72 valence electrons. The Balaban J connectivity index is 1.86. The van der Waals surface area contributed by atoms with Crippen molar-refractivity contribution in [3.05, 3.63) is 17.3 Å². The van der Waals surface area contributed by atoms with E-state index < -0.39 is 0 Å². The van der Waals surface area contributed by atoms with Crippen LogP contribution < -0.4 is 10.6 Å². The second-order valence-electron chi connectivity index (χ2n) is 3.49. The van der Waals surface area contributed by atoms with Gasteiger partial charge < -0.3 is 15.1 Å². The smallest absolute Gasteiger partial charge is 0.208 e. The number of oxazole rings is 1. The van der Waals surface area contributed by atoms with Crippen LogP contribution in [0.15, 0.2) is 4.42 Å². The van der Waals surface area contributed by atoms with E-state index in [2.05, 4.69) is 15.6 Å². The van der Waals surface area contributed by atoms with Crippen LogP contribution in [-0.2, 0) is 6.54 Å². The van der Waals surface area contributed by atoms with Gasteiger partial charge in [0.2, 0.25) is 5.89 Å². The molecule has 2 rings (SSSR count). The molecule has 13 heavy (non-hydrogen) atoms. The largest absolute Gasteiger partial charge is 0.444 e. The molecule has 0 aromatic carbocycles. The van der Waals surface area contributed by atoms with Gasteiger partial charge in [-0.2, -0.15) is 0 Å². The molecule has 1 aliphatic rings. The minimum atomic E-state index is 0.590. The van der Waals surface area contributed by atoms with Gasteiger partial charge in [0.1, 0.15) is 5.76 Å². The number of aromatic nitrogens is 1. The topological polar surface area (TPSA) is 50.1 Å². The molecule has 0 radical (unpaired) electrons. The Morgan fingerprint density at radius 2 is 2.31 bits per heavy atom. The molecule has 1 aromatic heterocycles. The third-order valence-electron chi connectivity index (χ3n) is 2.40. The fraction of sp³-hybridized carbons (Fsp3) is 0.667. The highest BCUT2D eigenvalue weighted by Crippen LogP contribution is 2.08. The normalized spacial score (nSPS) is 17.4. The molecule has 2 N–H and O–H groups in total. The molecular formula is C9H15N3O. The van der Waals surface area contributed by atoms with Gasteiger partial charge in [0, 0.05) is 19.1 Å². The monoisotopic (exact) mass is 181 g/mol. The lowest BCUT2D eigenvalue weighted by atomic mass is 10.2. The number of rotatable bonds is 3. The van der Waals surface area contributed by atoms with Gasteiger partial charge in [0.05, 0.1) is 12.2 Å². The Kier molecular flexibility index (Phi) is 2.33. The van der Waals surface area contributed by atoms with Gasteiger partial charge in [0.15, 0.2) is 0 Å². The molecule has 1 saturated heterocycles. The van der Waals surface area contributed by atoms with Crippen molar-refractivity contribution in [3.63, 3.8) is 0 Å². The van der Waals surface area contributed by atoms with Crippen molar-refractivity contribution in [3.8, 4) is 0 Å². The molecule has 4 heteroatoms. The summed E-state index contributed by atoms with van der Waals surface area (Å²) in [7, 11) is 0. The number of nitrogens with one attached hydrogen (secondary N) is 2. The standard InChI is InChI=1S/C9H15N3O/c1-6-7(2)13-9(12-6)5-11-8-3-10-4-8/h8,10-11H,3-5H2,1-2H3. The Bertz CT molecular complexity index is 272. The quantitative estimate of drug-likeness (QED) is 0.706. The van der Waals surface area contributed by atoms with Crippen LogP contribution in [0.5, 0.6) is 0 Å². The Hall–Kier alpha value is -0.870. The maximum atomic E-state index is 5.44. The van der Waals surface area contributed by atoms with Gasteiger partial charge in [-0.1, -0.05) is 0 Å². The van der Waals surface area contributed by atoms with E-state index in [1.165, 1.54) is 0 Å². The lowest BCUT2D eigenvalue weighted by Crippen LogP contribution is -2.55. The Labute approximate surface area is 77.7 Å². The summed E-state index contributed by atoms with van der Waals surface area (Å²) in [6.45, 7) is 6.75. The summed E-state index contributed by atoms with van der Waals surface area (Å²) < 4.78 is 5.44. The van der Waals surface area contributed by atoms with Crippen LogP contribution in [0.4, 0.5) is 0 Å². The Morgan fingerprint density at radius 1 is 1.54 bits per heavy atom. The molecule has 0 aliphatic carbocycles. The average molecular weight is 181 g/mol. The summed E-state index contributed by atoms with van der Waals surface area (Å²) in [4.78, 5) is 4.29. The number of hydrogen-bond acceptors (Lipinski definition) is 4. The molecule has 0 atom stereocenters. The third kappa shape index (κ3) is 1.89. The first kappa shape index (κ1) is 8.72. The highest BCUT2D eigenvalue weighted by molar-refractivity contribution is 5.05. The summed E-state index contributed by atoms with van der Waals surface area (Å²) in [6.07, 6.45) is 0. The molecule has 0 amide bonds. The van der Waals surface area contributed by atoms with E-state index in [9.17, 15) is 0 Å². The molecule has 1 aliphatic heterocycles. The molecular weight excluding hydrogens is 166 g/mol. The van der Waals surface area contributed by atoms with E-state index >= 15 is 0 Å². The van der Waals surface area contributed by atoms with E-state index in [4.69, 9.17) is 4.42 Å². The first-order valence-electron chi connectivity index (χ1n) is 4.62. The van der Waals surface area contributed by atoms with Gasteiger partial charge in [-0.25, -0.2) is 4.98 Å². The van der Waals surface area contributed by atoms with Crippen molar-refractivity contribution in [2.24, 2.45) is 0 Å². The molecule has 0 saturated carbocycles. The highest BCUT2D eigenvalue weighted by Gasteiger charge is 2.16. The van der Waals surface area contributed by atoms with Crippen molar-refractivity contribution >= 4 is 0 Å². The molecule has 0 bridgehead atoms. The number of hydrogen-bond donors (Lipinski definition) is 2. The van der Waals surface area contributed by atoms with Crippen molar-refractivity contribution < 1.29 is 4.42 Å². The van der Waals surface area contributed by atoms with Crippen molar-refractivity contribution in [1.29, 1.82) is 0 Å². The molecule has 0 unspecified atom stereocenters. The predicted molar refractivity (Wildman–Crippen MR) is 49.5 cm³/mol. The second-order valence-corrected chi connectivity index (χ2v) is 3.49. The van der Waals surface area contributed by atoms with Crippen LogP contribution in [0, 0.1) is 13.8 Å². The van der Waals surface area contributed by atoms with Gasteiger partial charge in [-0.05, 0) is 13.8 Å². The molecule has 0 spiro atoms. The fourth-order valence-corrected chi connectivity index (χ4v) is 1.28.